The zero-order chi connectivity index (χ0) is 16.5. The molecular weight excluding hydrogens is 326 g/mol. The predicted molar refractivity (Wildman–Crippen MR) is 91.0 cm³/mol. The summed E-state index contributed by atoms with van der Waals surface area (Å²) in [6.07, 6.45) is 5.06. The molecule has 8 heteroatoms. The monoisotopic (exact) mass is 339 g/mol. The Morgan fingerprint density at radius 3 is 2.71 bits per heavy atom. The van der Waals surface area contributed by atoms with Gasteiger partial charge < -0.3 is 10.6 Å². The van der Waals surface area contributed by atoms with Gasteiger partial charge in [-0.15, -0.1) is 0 Å². The summed E-state index contributed by atoms with van der Waals surface area (Å²) in [5.74, 6) is 0.295. The third-order valence-corrected chi connectivity index (χ3v) is 4.56. The molecule has 3 aromatic rings. The highest BCUT2D eigenvalue weighted by molar-refractivity contribution is 7.20. The first-order valence-corrected chi connectivity index (χ1v) is 8.30. The minimum Gasteiger partial charge on any atom is -0.319 e. The summed E-state index contributed by atoms with van der Waals surface area (Å²) in [5.41, 5.74) is 1.24. The number of fused-ring (bicyclic) bond motifs is 1. The fourth-order valence-electron chi connectivity index (χ4n) is 2.17. The van der Waals surface area contributed by atoms with Crippen LogP contribution in [-0.2, 0) is 4.79 Å². The molecule has 1 saturated carbocycles. The van der Waals surface area contributed by atoms with E-state index in [1.165, 1.54) is 17.5 Å². The molecule has 24 heavy (non-hydrogen) atoms. The van der Waals surface area contributed by atoms with E-state index < -0.39 is 0 Å². The summed E-state index contributed by atoms with van der Waals surface area (Å²) >= 11 is 1.23. The molecule has 0 bridgehead atoms. The average molecular weight is 339 g/mol. The van der Waals surface area contributed by atoms with Crippen molar-refractivity contribution in [3.05, 3.63) is 41.7 Å². The zero-order valence-corrected chi connectivity index (χ0v) is 13.3. The predicted octanol–water partition coefficient (Wildman–Crippen LogP) is 2.69. The molecule has 7 nitrogen and oxygen atoms in total. The van der Waals surface area contributed by atoms with E-state index in [4.69, 9.17) is 0 Å². The van der Waals surface area contributed by atoms with E-state index in [9.17, 15) is 9.59 Å². The molecule has 2 N–H and O–H groups in total. The van der Waals surface area contributed by atoms with Crippen molar-refractivity contribution in [2.45, 2.75) is 12.8 Å². The van der Waals surface area contributed by atoms with Gasteiger partial charge in [0, 0.05) is 12.1 Å². The van der Waals surface area contributed by atoms with Crippen molar-refractivity contribution in [2.24, 2.45) is 5.92 Å². The molecule has 3 heterocycles. The molecule has 0 radical (unpaired) electrons. The Hall–Kier alpha value is -2.87. The Bertz CT molecular complexity index is 885. The molecule has 1 fully saturated rings. The number of hydrogen-bond acceptors (Lipinski definition) is 6. The number of rotatable bonds is 4. The molecule has 0 atom stereocenters. The lowest BCUT2D eigenvalue weighted by Gasteiger charge is -2.05. The zero-order valence-electron chi connectivity index (χ0n) is 12.5. The maximum Gasteiger partial charge on any atom is 0.284 e. The molecule has 0 aromatic carbocycles. The fraction of sp³-hybridized carbons (Fsp3) is 0.188. The summed E-state index contributed by atoms with van der Waals surface area (Å²) in [4.78, 5) is 37.2. The highest BCUT2D eigenvalue weighted by atomic mass is 32.1. The Morgan fingerprint density at radius 1 is 1.12 bits per heavy atom. The molecule has 0 aliphatic heterocycles. The lowest BCUT2D eigenvalue weighted by atomic mass is 10.3. The minimum atomic E-state index is -0.311. The van der Waals surface area contributed by atoms with Crippen LogP contribution in [0.3, 0.4) is 0 Å². The molecule has 4 rings (SSSR count). The number of nitrogens with one attached hydrogen (secondary N) is 2. The van der Waals surface area contributed by atoms with Crippen molar-refractivity contribution in [1.82, 2.24) is 15.0 Å². The molecule has 3 aromatic heterocycles. The van der Waals surface area contributed by atoms with Crippen LogP contribution >= 0.6 is 11.3 Å². The normalized spacial score (nSPS) is 13.7. The number of thiazole rings is 1. The van der Waals surface area contributed by atoms with Crippen molar-refractivity contribution < 1.29 is 9.59 Å². The van der Waals surface area contributed by atoms with Crippen LogP contribution in [0.2, 0.25) is 0 Å². The summed E-state index contributed by atoms with van der Waals surface area (Å²) in [7, 11) is 0. The second kappa shape index (κ2) is 5.97. The van der Waals surface area contributed by atoms with Crippen LogP contribution in [0, 0.1) is 5.92 Å². The number of hydrogen-bond donors (Lipinski definition) is 2. The second-order valence-corrected chi connectivity index (χ2v) is 6.47. The van der Waals surface area contributed by atoms with Crippen LogP contribution in [0.1, 0.15) is 22.6 Å². The number of nitrogens with zero attached hydrogens (tertiary/aromatic N) is 3. The van der Waals surface area contributed by atoms with E-state index in [0.29, 0.717) is 22.0 Å². The van der Waals surface area contributed by atoms with Gasteiger partial charge in [-0.3, -0.25) is 9.59 Å². The van der Waals surface area contributed by atoms with E-state index in [1.807, 2.05) is 6.07 Å². The van der Waals surface area contributed by atoms with Gasteiger partial charge in [-0.25, -0.2) is 15.0 Å². The first-order valence-electron chi connectivity index (χ1n) is 7.49. The SMILES string of the molecule is O=C(Nc1ccc(NC(=O)C2CC2)nc1)c1nc2cccnc2s1. The summed E-state index contributed by atoms with van der Waals surface area (Å²) in [5, 5.41) is 5.84. The first-order chi connectivity index (χ1) is 11.7. The molecular formula is C16H13N5O2S. The van der Waals surface area contributed by atoms with Gasteiger partial charge in [0.15, 0.2) is 5.01 Å². The Labute approximate surface area is 141 Å². The standard InChI is InChI=1S/C16H13N5O2S/c22-13(9-3-4-9)21-12-6-5-10(8-18-12)19-14(23)16-20-11-2-1-7-17-15(11)24-16/h1-2,5-9H,3-4H2,(H,19,23)(H,18,21,22). The number of carbonyl (C=O) groups excluding carboxylic acids is 2. The van der Waals surface area contributed by atoms with E-state index >= 15 is 0 Å². The van der Waals surface area contributed by atoms with Gasteiger partial charge in [-0.05, 0) is 37.1 Å². The molecule has 1 aliphatic carbocycles. The number of pyridine rings is 2. The van der Waals surface area contributed by atoms with Crippen LogP contribution in [0.5, 0.6) is 0 Å². The van der Waals surface area contributed by atoms with Crippen molar-refractivity contribution in [3.63, 3.8) is 0 Å². The van der Waals surface area contributed by atoms with Gasteiger partial charge >= 0.3 is 0 Å². The average Bonchev–Trinajstić information content (AvgIpc) is 3.35. The Morgan fingerprint density at radius 2 is 2.00 bits per heavy atom. The number of carbonyl (C=O) groups is 2. The van der Waals surface area contributed by atoms with E-state index in [0.717, 1.165) is 17.7 Å². The largest absolute Gasteiger partial charge is 0.319 e. The van der Waals surface area contributed by atoms with Crippen molar-refractivity contribution >= 4 is 45.0 Å². The molecule has 1 aliphatic rings. The third kappa shape index (κ3) is 3.09. The topological polar surface area (TPSA) is 96.9 Å². The maximum atomic E-state index is 12.3. The second-order valence-electron chi connectivity index (χ2n) is 5.50. The summed E-state index contributed by atoms with van der Waals surface area (Å²) < 4.78 is 0. The molecule has 2 amide bonds. The van der Waals surface area contributed by atoms with Crippen LogP contribution in [0.15, 0.2) is 36.7 Å². The number of amides is 2. The van der Waals surface area contributed by atoms with Crippen molar-refractivity contribution in [1.29, 1.82) is 0 Å². The van der Waals surface area contributed by atoms with Crippen LogP contribution in [0.4, 0.5) is 11.5 Å². The van der Waals surface area contributed by atoms with Gasteiger partial charge in [0.2, 0.25) is 5.91 Å². The van der Waals surface area contributed by atoms with Crippen molar-refractivity contribution in [2.75, 3.05) is 10.6 Å². The highest BCUT2D eigenvalue weighted by Crippen LogP contribution is 2.30. The lowest BCUT2D eigenvalue weighted by Crippen LogP contribution is -2.15. The quantitative estimate of drug-likeness (QED) is 0.762. The third-order valence-electron chi connectivity index (χ3n) is 3.58. The molecule has 120 valence electrons. The highest BCUT2D eigenvalue weighted by Gasteiger charge is 2.29. The van der Waals surface area contributed by atoms with E-state index in [2.05, 4.69) is 25.6 Å². The summed E-state index contributed by atoms with van der Waals surface area (Å²) in [6.45, 7) is 0. The molecule has 0 unspecified atom stereocenters. The number of aromatic nitrogens is 3. The van der Waals surface area contributed by atoms with Gasteiger partial charge in [-0.2, -0.15) is 0 Å². The van der Waals surface area contributed by atoms with E-state index in [-0.39, 0.29) is 17.7 Å². The van der Waals surface area contributed by atoms with Gasteiger partial charge in [-0.1, -0.05) is 11.3 Å². The van der Waals surface area contributed by atoms with Crippen LogP contribution < -0.4 is 10.6 Å². The van der Waals surface area contributed by atoms with Gasteiger partial charge in [0.1, 0.15) is 16.2 Å². The maximum absolute atomic E-state index is 12.3. The van der Waals surface area contributed by atoms with E-state index in [1.54, 1.807) is 24.4 Å². The van der Waals surface area contributed by atoms with Crippen LogP contribution in [0.25, 0.3) is 10.3 Å². The van der Waals surface area contributed by atoms with Crippen LogP contribution in [-0.4, -0.2) is 26.8 Å². The smallest absolute Gasteiger partial charge is 0.284 e. The van der Waals surface area contributed by atoms with Gasteiger partial charge in [0.05, 0.1) is 11.9 Å². The summed E-state index contributed by atoms with van der Waals surface area (Å²) in [6, 6.07) is 6.95. The fourth-order valence-corrected chi connectivity index (χ4v) is 2.97. The van der Waals surface area contributed by atoms with Crippen molar-refractivity contribution in [3.8, 4) is 0 Å². The van der Waals surface area contributed by atoms with Gasteiger partial charge in [0.25, 0.3) is 5.91 Å². The Balaban J connectivity index is 1.44. The minimum absolute atomic E-state index is 0.00117. The molecule has 0 spiro atoms. The first kappa shape index (κ1) is 14.7. The number of anilines is 2. The lowest BCUT2D eigenvalue weighted by molar-refractivity contribution is -0.117. The Kier molecular flexibility index (Phi) is 3.66. The molecule has 0 saturated heterocycles.